The summed E-state index contributed by atoms with van der Waals surface area (Å²) in [6.07, 6.45) is 3.06. The van der Waals surface area contributed by atoms with E-state index in [1.54, 1.807) is 20.4 Å². The molecule has 164 valence electrons. The molecule has 1 fully saturated rings. The van der Waals surface area contributed by atoms with E-state index in [1.165, 1.54) is 0 Å². The topological polar surface area (TPSA) is 87.5 Å². The van der Waals surface area contributed by atoms with Crippen LogP contribution in [0.4, 0.5) is 5.69 Å². The maximum Gasteiger partial charge on any atom is 0.223 e. The zero-order valence-corrected chi connectivity index (χ0v) is 18.3. The van der Waals surface area contributed by atoms with Gasteiger partial charge in [-0.2, -0.15) is 5.26 Å². The Morgan fingerprint density at radius 3 is 2.69 bits per heavy atom. The first-order valence-electron chi connectivity index (χ1n) is 10.7. The molecule has 0 saturated carbocycles. The number of nitriles is 1. The number of anilines is 1. The highest BCUT2D eigenvalue weighted by Gasteiger charge is 2.27. The van der Waals surface area contributed by atoms with Crippen molar-refractivity contribution in [3.05, 3.63) is 59.8 Å². The van der Waals surface area contributed by atoms with Crippen molar-refractivity contribution in [3.63, 3.8) is 0 Å². The Bertz CT molecular complexity index is 1160. The largest absolute Gasteiger partial charge is 0.497 e. The van der Waals surface area contributed by atoms with Crippen LogP contribution in [-0.4, -0.2) is 38.2 Å². The predicted molar refractivity (Wildman–Crippen MR) is 123 cm³/mol. The Morgan fingerprint density at radius 1 is 1.19 bits per heavy atom. The fourth-order valence-corrected chi connectivity index (χ4v) is 4.25. The molecule has 0 bridgehead atoms. The van der Waals surface area contributed by atoms with Gasteiger partial charge in [-0.05, 0) is 37.1 Å². The first kappa shape index (κ1) is 21.4. The monoisotopic (exact) mass is 430 g/mol. The third kappa shape index (κ3) is 4.30. The van der Waals surface area contributed by atoms with Crippen molar-refractivity contribution in [2.75, 3.05) is 32.2 Å². The van der Waals surface area contributed by atoms with Gasteiger partial charge in [0.05, 0.1) is 31.0 Å². The van der Waals surface area contributed by atoms with Crippen molar-refractivity contribution >= 4 is 22.5 Å². The highest BCUT2D eigenvalue weighted by atomic mass is 16.5. The number of aromatic nitrogens is 1. The van der Waals surface area contributed by atoms with Crippen molar-refractivity contribution in [3.8, 4) is 17.6 Å². The van der Waals surface area contributed by atoms with Gasteiger partial charge in [-0.1, -0.05) is 18.2 Å². The van der Waals surface area contributed by atoms with Gasteiger partial charge in [0.2, 0.25) is 5.91 Å². The molecule has 0 unspecified atom stereocenters. The van der Waals surface area contributed by atoms with Crippen LogP contribution in [0.25, 0.3) is 10.9 Å². The van der Waals surface area contributed by atoms with Gasteiger partial charge in [0.1, 0.15) is 17.6 Å². The predicted octanol–water partition coefficient (Wildman–Crippen LogP) is 3.66. The van der Waals surface area contributed by atoms with Gasteiger partial charge in [0, 0.05) is 42.7 Å². The normalized spacial score (nSPS) is 14.1. The number of hydrogen-bond acceptors (Lipinski definition) is 6. The lowest BCUT2D eigenvalue weighted by atomic mass is 9.94. The Kier molecular flexibility index (Phi) is 6.41. The number of ether oxygens (including phenoxy) is 2. The molecule has 4 rings (SSSR count). The summed E-state index contributed by atoms with van der Waals surface area (Å²) in [5.41, 5.74) is 3.17. The molecular weight excluding hydrogens is 404 g/mol. The van der Waals surface area contributed by atoms with Crippen LogP contribution >= 0.6 is 0 Å². The average Bonchev–Trinajstić information content (AvgIpc) is 2.86. The van der Waals surface area contributed by atoms with Gasteiger partial charge >= 0.3 is 0 Å². The van der Waals surface area contributed by atoms with E-state index in [0.717, 1.165) is 46.5 Å². The van der Waals surface area contributed by atoms with Crippen molar-refractivity contribution in [1.29, 1.82) is 5.26 Å². The standard InChI is InChI=1S/C25H26N4O3/c1-31-20-7-8-22-21(13-20)24(19(14-26)16-27-22)29-11-9-17(10-12-29)25(30)28-15-18-5-3-4-6-23(18)32-2/h3-8,13,16-17H,9-12,15H2,1-2H3,(H,28,30). The Balaban J connectivity index is 1.46. The minimum Gasteiger partial charge on any atom is -0.497 e. The molecule has 1 amide bonds. The number of para-hydroxylation sites is 1. The zero-order chi connectivity index (χ0) is 22.5. The third-order valence-electron chi connectivity index (χ3n) is 5.99. The molecule has 2 aromatic carbocycles. The number of rotatable bonds is 6. The second-order valence-corrected chi connectivity index (χ2v) is 7.81. The molecule has 0 atom stereocenters. The minimum absolute atomic E-state index is 0.0531. The Morgan fingerprint density at radius 2 is 1.97 bits per heavy atom. The molecule has 0 aliphatic carbocycles. The third-order valence-corrected chi connectivity index (χ3v) is 5.99. The fraction of sp³-hybridized carbons (Fsp3) is 0.320. The van der Waals surface area contributed by atoms with Gasteiger partial charge < -0.3 is 19.7 Å². The van der Waals surface area contributed by atoms with Crippen molar-refractivity contribution in [2.45, 2.75) is 19.4 Å². The summed E-state index contributed by atoms with van der Waals surface area (Å²) in [6.45, 7) is 1.83. The number of benzene rings is 2. The maximum atomic E-state index is 12.8. The molecule has 3 aromatic rings. The average molecular weight is 431 g/mol. The first-order valence-corrected chi connectivity index (χ1v) is 10.7. The van der Waals surface area contributed by atoms with Gasteiger partial charge in [0.15, 0.2) is 0 Å². The first-order chi connectivity index (χ1) is 15.6. The van der Waals surface area contributed by atoms with Crippen molar-refractivity contribution in [1.82, 2.24) is 10.3 Å². The number of hydrogen-bond donors (Lipinski definition) is 1. The second-order valence-electron chi connectivity index (χ2n) is 7.81. The smallest absolute Gasteiger partial charge is 0.223 e. The van der Waals surface area contributed by atoms with Gasteiger partial charge in [-0.25, -0.2) is 0 Å². The number of carbonyl (C=O) groups excluding carboxylic acids is 1. The van der Waals surface area contributed by atoms with Gasteiger partial charge in [-0.3, -0.25) is 9.78 Å². The Labute approximate surface area is 187 Å². The number of nitrogens with zero attached hydrogens (tertiary/aromatic N) is 3. The molecule has 7 heteroatoms. The van der Waals surface area contributed by atoms with Crippen LogP contribution in [0.3, 0.4) is 0 Å². The number of piperidine rings is 1. The lowest BCUT2D eigenvalue weighted by molar-refractivity contribution is -0.125. The summed E-state index contributed by atoms with van der Waals surface area (Å²) in [5, 5.41) is 13.6. The highest BCUT2D eigenvalue weighted by Crippen LogP contribution is 2.34. The van der Waals surface area contributed by atoms with E-state index < -0.39 is 0 Å². The van der Waals surface area contributed by atoms with E-state index in [4.69, 9.17) is 9.47 Å². The summed E-state index contributed by atoms with van der Waals surface area (Å²) < 4.78 is 10.7. The molecule has 1 aliphatic rings. The summed E-state index contributed by atoms with van der Waals surface area (Å²) in [5.74, 6) is 1.49. The van der Waals surface area contributed by atoms with Gasteiger partial charge in [-0.15, -0.1) is 0 Å². The second kappa shape index (κ2) is 9.56. The number of pyridine rings is 1. The highest BCUT2D eigenvalue weighted by molar-refractivity contribution is 5.95. The van der Waals surface area contributed by atoms with E-state index in [-0.39, 0.29) is 11.8 Å². The lowest BCUT2D eigenvalue weighted by Gasteiger charge is -2.34. The van der Waals surface area contributed by atoms with Crippen LogP contribution in [0.2, 0.25) is 0 Å². The van der Waals surface area contributed by atoms with Crippen LogP contribution < -0.4 is 19.7 Å². The van der Waals surface area contributed by atoms with Crippen LogP contribution in [0.5, 0.6) is 11.5 Å². The molecular formula is C25H26N4O3. The molecule has 7 nitrogen and oxygen atoms in total. The van der Waals surface area contributed by atoms with Crippen LogP contribution in [0, 0.1) is 17.2 Å². The fourth-order valence-electron chi connectivity index (χ4n) is 4.25. The van der Waals surface area contributed by atoms with E-state index >= 15 is 0 Å². The van der Waals surface area contributed by atoms with E-state index in [2.05, 4.69) is 21.3 Å². The number of nitrogens with one attached hydrogen (secondary N) is 1. The molecule has 2 heterocycles. The number of carbonyl (C=O) groups is 1. The number of methoxy groups -OCH3 is 2. The maximum absolute atomic E-state index is 12.8. The molecule has 1 aliphatic heterocycles. The van der Waals surface area contributed by atoms with Gasteiger partial charge in [0.25, 0.3) is 0 Å². The quantitative estimate of drug-likeness (QED) is 0.642. The number of amides is 1. The van der Waals surface area contributed by atoms with E-state index in [9.17, 15) is 10.1 Å². The van der Waals surface area contributed by atoms with Crippen molar-refractivity contribution in [2.24, 2.45) is 5.92 Å². The van der Waals surface area contributed by atoms with Crippen LogP contribution in [-0.2, 0) is 11.3 Å². The van der Waals surface area contributed by atoms with Crippen LogP contribution in [0.1, 0.15) is 24.0 Å². The van der Waals surface area contributed by atoms with Crippen molar-refractivity contribution < 1.29 is 14.3 Å². The molecule has 1 aromatic heterocycles. The molecule has 0 radical (unpaired) electrons. The molecule has 1 N–H and O–H groups in total. The summed E-state index contributed by atoms with van der Waals surface area (Å²) >= 11 is 0. The lowest BCUT2D eigenvalue weighted by Crippen LogP contribution is -2.40. The van der Waals surface area contributed by atoms with E-state index in [0.29, 0.717) is 25.2 Å². The summed E-state index contributed by atoms with van der Waals surface area (Å²) in [4.78, 5) is 19.4. The molecule has 32 heavy (non-hydrogen) atoms. The molecule has 1 saturated heterocycles. The van der Waals surface area contributed by atoms with Crippen LogP contribution in [0.15, 0.2) is 48.7 Å². The molecule has 0 spiro atoms. The summed E-state index contributed by atoms with van der Waals surface area (Å²) in [6, 6.07) is 15.6. The van der Waals surface area contributed by atoms with E-state index in [1.807, 2.05) is 42.5 Å². The Hall–Kier alpha value is -3.79. The zero-order valence-electron chi connectivity index (χ0n) is 18.3. The SMILES string of the molecule is COc1ccc2ncc(C#N)c(N3CCC(C(=O)NCc4ccccc4OC)CC3)c2c1. The summed E-state index contributed by atoms with van der Waals surface area (Å²) in [7, 11) is 3.25. The minimum atomic E-state index is -0.0610. The number of fused-ring (bicyclic) bond motifs is 1.